The molecule has 2 amide bonds. The summed E-state index contributed by atoms with van der Waals surface area (Å²) in [5, 5.41) is 2.89. The summed E-state index contributed by atoms with van der Waals surface area (Å²) in [4.78, 5) is 31.9. The van der Waals surface area contributed by atoms with Crippen molar-refractivity contribution in [1.29, 1.82) is 0 Å². The molecule has 1 fully saturated rings. The standard InChI is InChI=1S/C18H28N4O3/c1-3-5-6-9-19-17(23)16-8-7-15(14-20-16)21-10-12-22(13-11-21)18(24)25-4-2/h7-8,14H,3-6,9-13H2,1-2H3,(H,19,23). The van der Waals surface area contributed by atoms with Crippen molar-refractivity contribution in [2.24, 2.45) is 0 Å². The van der Waals surface area contributed by atoms with Gasteiger partial charge in [-0.15, -0.1) is 0 Å². The minimum atomic E-state index is -0.254. The largest absolute Gasteiger partial charge is 0.450 e. The van der Waals surface area contributed by atoms with Crippen LogP contribution in [0.4, 0.5) is 10.5 Å². The van der Waals surface area contributed by atoms with E-state index < -0.39 is 0 Å². The first-order valence-electron chi connectivity index (χ1n) is 9.06. The Labute approximate surface area is 149 Å². The summed E-state index contributed by atoms with van der Waals surface area (Å²) in [6.07, 6.45) is 4.71. The number of rotatable bonds is 7. The molecule has 1 saturated heterocycles. The number of aromatic nitrogens is 1. The van der Waals surface area contributed by atoms with Crippen molar-refractivity contribution in [3.05, 3.63) is 24.0 Å². The van der Waals surface area contributed by atoms with Crippen LogP contribution in [0.15, 0.2) is 18.3 Å². The third kappa shape index (κ3) is 5.62. The molecule has 0 unspecified atom stereocenters. The Morgan fingerprint density at radius 2 is 1.92 bits per heavy atom. The highest BCUT2D eigenvalue weighted by atomic mass is 16.6. The molecule has 1 N–H and O–H groups in total. The van der Waals surface area contributed by atoms with E-state index in [1.807, 2.05) is 6.07 Å². The van der Waals surface area contributed by atoms with E-state index in [0.29, 0.717) is 31.9 Å². The molecule has 7 nitrogen and oxygen atoms in total. The Kier molecular flexibility index (Phi) is 7.50. The van der Waals surface area contributed by atoms with Crippen LogP contribution in [0.25, 0.3) is 0 Å². The van der Waals surface area contributed by atoms with Crippen LogP contribution in [0.1, 0.15) is 43.6 Å². The van der Waals surface area contributed by atoms with Crippen LogP contribution in [0.2, 0.25) is 0 Å². The zero-order valence-electron chi connectivity index (χ0n) is 15.2. The quantitative estimate of drug-likeness (QED) is 0.765. The number of carbonyl (C=O) groups is 2. The van der Waals surface area contributed by atoms with Crippen molar-refractivity contribution in [2.45, 2.75) is 33.1 Å². The fraction of sp³-hybridized carbons (Fsp3) is 0.611. The van der Waals surface area contributed by atoms with Crippen LogP contribution in [0.3, 0.4) is 0 Å². The number of hydrogen-bond donors (Lipinski definition) is 1. The maximum atomic E-state index is 12.0. The van der Waals surface area contributed by atoms with Gasteiger partial charge in [-0.05, 0) is 25.5 Å². The number of nitrogens with one attached hydrogen (secondary N) is 1. The van der Waals surface area contributed by atoms with E-state index in [2.05, 4.69) is 22.1 Å². The zero-order valence-corrected chi connectivity index (χ0v) is 15.2. The molecule has 0 spiro atoms. The predicted octanol–water partition coefficient (Wildman–Crippen LogP) is 2.28. The summed E-state index contributed by atoms with van der Waals surface area (Å²) >= 11 is 0. The van der Waals surface area contributed by atoms with E-state index >= 15 is 0 Å². The predicted molar refractivity (Wildman–Crippen MR) is 96.9 cm³/mol. The van der Waals surface area contributed by atoms with Crippen LogP contribution < -0.4 is 10.2 Å². The van der Waals surface area contributed by atoms with Crippen LogP contribution in [0, 0.1) is 0 Å². The first kappa shape index (κ1) is 19.0. The fourth-order valence-corrected chi connectivity index (χ4v) is 2.74. The van der Waals surface area contributed by atoms with Gasteiger partial charge in [-0.3, -0.25) is 4.79 Å². The van der Waals surface area contributed by atoms with Gasteiger partial charge in [-0.25, -0.2) is 9.78 Å². The van der Waals surface area contributed by atoms with Gasteiger partial charge in [0.2, 0.25) is 0 Å². The fourth-order valence-electron chi connectivity index (χ4n) is 2.74. The highest BCUT2D eigenvalue weighted by molar-refractivity contribution is 5.92. The van der Waals surface area contributed by atoms with Gasteiger partial charge >= 0.3 is 6.09 Å². The molecular weight excluding hydrogens is 320 g/mol. The van der Waals surface area contributed by atoms with E-state index in [-0.39, 0.29) is 12.0 Å². The number of amides is 2. The number of pyridine rings is 1. The van der Waals surface area contributed by atoms with Crippen molar-refractivity contribution in [1.82, 2.24) is 15.2 Å². The topological polar surface area (TPSA) is 74.8 Å². The van der Waals surface area contributed by atoms with E-state index in [1.165, 1.54) is 0 Å². The Morgan fingerprint density at radius 1 is 1.16 bits per heavy atom. The molecular formula is C18H28N4O3. The molecule has 0 saturated carbocycles. The van der Waals surface area contributed by atoms with Gasteiger partial charge in [0.15, 0.2) is 0 Å². The smallest absolute Gasteiger partial charge is 0.409 e. The van der Waals surface area contributed by atoms with Gasteiger partial charge in [-0.1, -0.05) is 19.8 Å². The summed E-state index contributed by atoms with van der Waals surface area (Å²) in [5.74, 6) is -0.130. The summed E-state index contributed by atoms with van der Waals surface area (Å²) < 4.78 is 5.02. The zero-order chi connectivity index (χ0) is 18.1. The van der Waals surface area contributed by atoms with Gasteiger partial charge in [0, 0.05) is 32.7 Å². The lowest BCUT2D eigenvalue weighted by Crippen LogP contribution is -2.49. The SMILES string of the molecule is CCCCCNC(=O)c1ccc(N2CCN(C(=O)OCC)CC2)cn1. The maximum Gasteiger partial charge on any atom is 0.409 e. The van der Waals surface area contributed by atoms with E-state index in [1.54, 1.807) is 24.1 Å². The summed E-state index contributed by atoms with van der Waals surface area (Å²) in [6.45, 7) is 7.72. The lowest BCUT2D eigenvalue weighted by molar-refractivity contribution is 0.0947. The third-order valence-electron chi connectivity index (χ3n) is 4.22. The van der Waals surface area contributed by atoms with Crippen LogP contribution in [0.5, 0.6) is 0 Å². The number of carbonyl (C=O) groups excluding carboxylic acids is 2. The molecule has 0 atom stereocenters. The van der Waals surface area contributed by atoms with E-state index in [0.717, 1.165) is 38.0 Å². The highest BCUT2D eigenvalue weighted by Gasteiger charge is 2.22. The van der Waals surface area contributed by atoms with Crippen LogP contribution in [-0.4, -0.2) is 61.2 Å². The van der Waals surface area contributed by atoms with Gasteiger partial charge in [0.25, 0.3) is 5.91 Å². The highest BCUT2D eigenvalue weighted by Crippen LogP contribution is 2.16. The van der Waals surface area contributed by atoms with E-state index in [4.69, 9.17) is 4.74 Å². The van der Waals surface area contributed by atoms with Crippen LogP contribution in [-0.2, 0) is 4.74 Å². The van der Waals surface area contributed by atoms with Crippen molar-refractivity contribution in [2.75, 3.05) is 44.2 Å². The number of unbranched alkanes of at least 4 members (excludes halogenated alkanes) is 2. The van der Waals surface area contributed by atoms with Crippen molar-refractivity contribution in [3.8, 4) is 0 Å². The molecule has 2 rings (SSSR count). The normalized spacial score (nSPS) is 14.3. The Balaban J connectivity index is 1.82. The molecule has 0 bridgehead atoms. The lowest BCUT2D eigenvalue weighted by atomic mass is 10.2. The number of anilines is 1. The van der Waals surface area contributed by atoms with Gasteiger partial charge in [0.1, 0.15) is 5.69 Å². The molecule has 1 aromatic heterocycles. The number of ether oxygens (including phenoxy) is 1. The van der Waals surface area contributed by atoms with Crippen molar-refractivity contribution in [3.63, 3.8) is 0 Å². The van der Waals surface area contributed by atoms with Crippen molar-refractivity contribution >= 4 is 17.7 Å². The molecule has 0 radical (unpaired) electrons. The number of nitrogens with zero attached hydrogens (tertiary/aromatic N) is 3. The second-order valence-corrected chi connectivity index (χ2v) is 6.04. The van der Waals surface area contributed by atoms with Gasteiger partial charge in [0.05, 0.1) is 18.5 Å². The molecule has 1 aliphatic rings. The third-order valence-corrected chi connectivity index (χ3v) is 4.22. The van der Waals surface area contributed by atoms with Crippen LogP contribution >= 0.6 is 0 Å². The molecule has 1 aromatic rings. The number of hydrogen-bond acceptors (Lipinski definition) is 5. The van der Waals surface area contributed by atoms with Gasteiger partial charge < -0.3 is 19.9 Å². The average Bonchev–Trinajstić information content (AvgIpc) is 2.65. The first-order valence-corrected chi connectivity index (χ1v) is 9.06. The van der Waals surface area contributed by atoms with Gasteiger partial charge in [-0.2, -0.15) is 0 Å². The molecule has 0 aliphatic carbocycles. The first-order chi connectivity index (χ1) is 12.2. The minimum Gasteiger partial charge on any atom is -0.450 e. The minimum absolute atomic E-state index is 0.130. The monoisotopic (exact) mass is 348 g/mol. The van der Waals surface area contributed by atoms with Crippen molar-refractivity contribution < 1.29 is 14.3 Å². The summed E-state index contributed by atoms with van der Waals surface area (Å²) in [7, 11) is 0. The molecule has 0 aromatic carbocycles. The number of piperazine rings is 1. The summed E-state index contributed by atoms with van der Waals surface area (Å²) in [6, 6.07) is 3.66. The average molecular weight is 348 g/mol. The molecule has 138 valence electrons. The Bertz CT molecular complexity index is 554. The second kappa shape index (κ2) is 9.86. The maximum absolute atomic E-state index is 12.0. The summed E-state index contributed by atoms with van der Waals surface area (Å²) in [5.41, 5.74) is 1.40. The molecule has 25 heavy (non-hydrogen) atoms. The molecule has 2 heterocycles. The Morgan fingerprint density at radius 3 is 2.52 bits per heavy atom. The van der Waals surface area contributed by atoms with E-state index in [9.17, 15) is 9.59 Å². The lowest BCUT2D eigenvalue weighted by Gasteiger charge is -2.35. The second-order valence-electron chi connectivity index (χ2n) is 6.04. The molecule has 7 heteroatoms. The Hall–Kier alpha value is -2.31. The molecule has 1 aliphatic heterocycles.